The maximum Gasteiger partial charge on any atom is 0.358 e. The van der Waals surface area contributed by atoms with E-state index in [9.17, 15) is 18.0 Å². The molecule has 134 valence electrons. The van der Waals surface area contributed by atoms with Gasteiger partial charge in [-0.15, -0.1) is 0 Å². The van der Waals surface area contributed by atoms with Gasteiger partial charge in [0.05, 0.1) is 46.8 Å². The molecule has 2 N–H and O–H groups in total. The van der Waals surface area contributed by atoms with E-state index in [1.165, 1.54) is 0 Å². The number of carbonyl (C=O) groups is 1. The van der Waals surface area contributed by atoms with Gasteiger partial charge in [-0.1, -0.05) is 23.2 Å². The van der Waals surface area contributed by atoms with Gasteiger partial charge < -0.3 is 15.2 Å². The first-order valence-electron chi connectivity index (χ1n) is 6.61. The average molecular weight is 395 g/mol. The van der Waals surface area contributed by atoms with Crippen molar-refractivity contribution in [2.24, 2.45) is 0 Å². The number of nitrogens with two attached hydrogens (primary N) is 1. The number of rotatable bonds is 4. The number of ether oxygens (including phenoxy) is 2. The minimum atomic E-state index is -3.01. The van der Waals surface area contributed by atoms with E-state index in [0.29, 0.717) is 6.07 Å². The lowest BCUT2D eigenvalue weighted by molar-refractivity contribution is 0.0594. The molecular weight excluding hydrogens is 384 g/mol. The Morgan fingerprint density at radius 1 is 1.24 bits per heavy atom. The SMILES string of the molecule is COC(=O)c1nc(-c2c(F)cc(C(F)F)c(OC)c2Cl)cc(N)c1Cl. The van der Waals surface area contributed by atoms with Crippen molar-refractivity contribution in [3.05, 3.63) is 39.3 Å². The second kappa shape index (κ2) is 7.37. The van der Waals surface area contributed by atoms with Crippen LogP contribution in [-0.2, 0) is 4.74 Å². The number of esters is 1. The molecule has 0 aliphatic carbocycles. The van der Waals surface area contributed by atoms with Crippen LogP contribution in [-0.4, -0.2) is 25.2 Å². The molecule has 1 heterocycles. The molecule has 0 radical (unpaired) electrons. The summed E-state index contributed by atoms with van der Waals surface area (Å²) in [7, 11) is 2.20. The molecule has 10 heteroatoms. The van der Waals surface area contributed by atoms with E-state index < -0.39 is 34.5 Å². The van der Waals surface area contributed by atoms with Crippen molar-refractivity contribution in [3.63, 3.8) is 0 Å². The molecule has 0 bridgehead atoms. The fourth-order valence-corrected chi connectivity index (χ4v) is 2.68. The highest BCUT2D eigenvalue weighted by Gasteiger charge is 2.26. The Bertz CT molecular complexity index is 848. The molecule has 0 amide bonds. The van der Waals surface area contributed by atoms with E-state index in [1.807, 2.05) is 0 Å². The number of anilines is 1. The van der Waals surface area contributed by atoms with Gasteiger partial charge in [-0.05, 0) is 12.1 Å². The summed E-state index contributed by atoms with van der Waals surface area (Å²) in [6, 6.07) is 1.73. The van der Waals surface area contributed by atoms with Gasteiger partial charge in [0.1, 0.15) is 11.6 Å². The first kappa shape index (κ1) is 19.1. The Balaban J connectivity index is 2.79. The number of methoxy groups -OCH3 is 2. The van der Waals surface area contributed by atoms with E-state index in [4.69, 9.17) is 33.7 Å². The van der Waals surface area contributed by atoms with Gasteiger partial charge in [-0.25, -0.2) is 22.9 Å². The predicted molar refractivity (Wildman–Crippen MR) is 86.9 cm³/mol. The van der Waals surface area contributed by atoms with Gasteiger partial charge in [-0.3, -0.25) is 0 Å². The zero-order chi connectivity index (χ0) is 18.9. The molecule has 1 aromatic heterocycles. The number of aromatic nitrogens is 1. The third-order valence-corrected chi connectivity index (χ3v) is 4.02. The Hall–Kier alpha value is -2.19. The standard InChI is InChI=1S/C15H11Cl2F3N2O3/c1-24-13-5(14(19)20)3-6(18)9(11(13)17)8-4-7(21)10(16)12(22-8)15(23)25-2/h3-4,14H,1-2H3,(H2,21,22). The zero-order valence-electron chi connectivity index (χ0n) is 12.9. The van der Waals surface area contributed by atoms with Crippen LogP contribution in [0.1, 0.15) is 22.5 Å². The maximum absolute atomic E-state index is 14.4. The maximum atomic E-state index is 14.4. The topological polar surface area (TPSA) is 74.4 Å². The van der Waals surface area contributed by atoms with Crippen LogP contribution >= 0.6 is 23.2 Å². The summed E-state index contributed by atoms with van der Waals surface area (Å²) >= 11 is 11.9. The number of halogens is 5. The van der Waals surface area contributed by atoms with Crippen molar-refractivity contribution >= 4 is 34.9 Å². The van der Waals surface area contributed by atoms with Gasteiger partial charge in [0.2, 0.25) is 0 Å². The summed E-state index contributed by atoms with van der Waals surface area (Å²) in [6.07, 6.45) is -3.01. The number of carbonyl (C=O) groups excluding carboxylic acids is 1. The molecule has 25 heavy (non-hydrogen) atoms. The highest BCUT2D eigenvalue weighted by molar-refractivity contribution is 6.36. The van der Waals surface area contributed by atoms with Crippen molar-refractivity contribution in [1.29, 1.82) is 0 Å². The van der Waals surface area contributed by atoms with Crippen LogP contribution in [0.5, 0.6) is 5.75 Å². The molecule has 0 saturated heterocycles. The quantitative estimate of drug-likeness (QED) is 0.772. The summed E-state index contributed by atoms with van der Waals surface area (Å²) in [5, 5.41) is -0.633. The van der Waals surface area contributed by atoms with Crippen LogP contribution in [0.3, 0.4) is 0 Å². The van der Waals surface area contributed by atoms with E-state index in [-0.39, 0.29) is 27.7 Å². The molecule has 0 saturated carbocycles. The molecule has 0 spiro atoms. The predicted octanol–water partition coefficient (Wildman–Crippen LogP) is 4.51. The van der Waals surface area contributed by atoms with Gasteiger partial charge in [0.25, 0.3) is 6.43 Å². The zero-order valence-corrected chi connectivity index (χ0v) is 14.4. The van der Waals surface area contributed by atoms with Crippen LogP contribution in [0.25, 0.3) is 11.3 Å². The molecular formula is C15H11Cl2F3N2O3. The fourth-order valence-electron chi connectivity index (χ4n) is 2.13. The van der Waals surface area contributed by atoms with Crippen molar-refractivity contribution in [2.45, 2.75) is 6.43 Å². The second-order valence-electron chi connectivity index (χ2n) is 4.72. The van der Waals surface area contributed by atoms with E-state index in [1.54, 1.807) is 0 Å². The summed E-state index contributed by atoms with van der Waals surface area (Å²) < 4.78 is 49.8. The van der Waals surface area contributed by atoms with Crippen LogP contribution < -0.4 is 10.5 Å². The van der Waals surface area contributed by atoms with E-state index in [0.717, 1.165) is 20.3 Å². The third kappa shape index (κ3) is 3.45. The number of nitrogens with zero attached hydrogens (tertiary/aromatic N) is 1. The third-order valence-electron chi connectivity index (χ3n) is 3.26. The first-order valence-corrected chi connectivity index (χ1v) is 7.37. The number of benzene rings is 1. The molecule has 0 atom stereocenters. The lowest BCUT2D eigenvalue weighted by atomic mass is 10.0. The number of nitrogen functional groups attached to an aromatic ring is 1. The van der Waals surface area contributed by atoms with Crippen LogP contribution in [0, 0.1) is 5.82 Å². The molecule has 1 aromatic carbocycles. The van der Waals surface area contributed by atoms with Crippen molar-refractivity contribution in [2.75, 3.05) is 20.0 Å². The minimum Gasteiger partial charge on any atom is -0.495 e. The van der Waals surface area contributed by atoms with Crippen LogP contribution in [0.2, 0.25) is 10.0 Å². The second-order valence-corrected chi connectivity index (χ2v) is 5.48. The van der Waals surface area contributed by atoms with Gasteiger partial charge >= 0.3 is 5.97 Å². The largest absolute Gasteiger partial charge is 0.495 e. The molecule has 0 fully saturated rings. The molecule has 5 nitrogen and oxygen atoms in total. The van der Waals surface area contributed by atoms with Crippen molar-refractivity contribution in [3.8, 4) is 17.0 Å². The Morgan fingerprint density at radius 2 is 1.88 bits per heavy atom. The Labute approximate surface area is 150 Å². The van der Waals surface area contributed by atoms with E-state index in [2.05, 4.69) is 9.72 Å². The Kier molecular flexibility index (Phi) is 5.64. The summed E-state index contributed by atoms with van der Waals surface area (Å²) in [5.41, 5.74) is 3.96. The van der Waals surface area contributed by atoms with Gasteiger partial charge in [-0.2, -0.15) is 0 Å². The number of pyridine rings is 1. The van der Waals surface area contributed by atoms with Gasteiger partial charge in [0, 0.05) is 0 Å². The number of alkyl halides is 2. The van der Waals surface area contributed by atoms with E-state index >= 15 is 0 Å². The minimum absolute atomic E-state index is 0.0977. The summed E-state index contributed by atoms with van der Waals surface area (Å²) in [5.74, 6) is -2.42. The molecule has 0 aliphatic rings. The highest BCUT2D eigenvalue weighted by atomic mass is 35.5. The monoisotopic (exact) mass is 394 g/mol. The van der Waals surface area contributed by atoms with Gasteiger partial charge in [0.15, 0.2) is 5.69 Å². The van der Waals surface area contributed by atoms with Crippen molar-refractivity contribution < 1.29 is 27.4 Å². The number of hydrogen-bond donors (Lipinski definition) is 1. The highest BCUT2D eigenvalue weighted by Crippen LogP contribution is 2.43. The lowest BCUT2D eigenvalue weighted by Gasteiger charge is -2.15. The molecule has 0 aliphatic heterocycles. The Morgan fingerprint density at radius 3 is 2.40 bits per heavy atom. The lowest BCUT2D eigenvalue weighted by Crippen LogP contribution is -2.09. The normalized spacial score (nSPS) is 10.9. The molecule has 2 rings (SSSR count). The smallest absolute Gasteiger partial charge is 0.358 e. The summed E-state index contributed by atoms with van der Waals surface area (Å²) in [4.78, 5) is 15.6. The summed E-state index contributed by atoms with van der Waals surface area (Å²) in [6.45, 7) is 0. The van der Waals surface area contributed by atoms with Crippen LogP contribution in [0.15, 0.2) is 12.1 Å². The first-order chi connectivity index (χ1) is 11.7. The molecule has 0 unspecified atom stereocenters. The fraction of sp³-hybridized carbons (Fsp3) is 0.200. The number of hydrogen-bond acceptors (Lipinski definition) is 5. The van der Waals surface area contributed by atoms with Crippen molar-refractivity contribution in [1.82, 2.24) is 4.98 Å². The average Bonchev–Trinajstić information content (AvgIpc) is 2.56. The molecule has 2 aromatic rings. The van der Waals surface area contributed by atoms with Crippen LogP contribution in [0.4, 0.5) is 18.9 Å².